The third-order valence-corrected chi connectivity index (χ3v) is 4.48. The summed E-state index contributed by atoms with van der Waals surface area (Å²) < 4.78 is 0. The highest BCUT2D eigenvalue weighted by Crippen LogP contribution is 2.35. The highest BCUT2D eigenvalue weighted by molar-refractivity contribution is 5.88. The van der Waals surface area contributed by atoms with Gasteiger partial charge in [-0.1, -0.05) is 33.3 Å². The van der Waals surface area contributed by atoms with Crippen LogP contribution in [-0.4, -0.2) is 17.1 Å². The van der Waals surface area contributed by atoms with Crippen LogP contribution in [0.25, 0.3) is 0 Å². The topological polar surface area (TPSA) is 49.3 Å². The molecule has 0 aliphatic heterocycles. The summed E-state index contributed by atoms with van der Waals surface area (Å²) in [6, 6.07) is 7.59. The summed E-state index contributed by atoms with van der Waals surface area (Å²) in [6.45, 7) is 6.87. The van der Waals surface area contributed by atoms with Gasteiger partial charge in [-0.2, -0.15) is 0 Å². The van der Waals surface area contributed by atoms with Gasteiger partial charge in [-0.15, -0.1) is 0 Å². The first kappa shape index (κ1) is 14.9. The predicted octanol–water partition coefficient (Wildman–Crippen LogP) is 4.26. The Labute approximate surface area is 121 Å². The van der Waals surface area contributed by atoms with Crippen molar-refractivity contribution in [2.45, 2.75) is 46.1 Å². The zero-order chi connectivity index (χ0) is 14.7. The molecule has 1 aromatic rings. The van der Waals surface area contributed by atoms with Crippen molar-refractivity contribution >= 4 is 11.7 Å². The van der Waals surface area contributed by atoms with E-state index in [4.69, 9.17) is 5.11 Å². The molecule has 0 spiro atoms. The van der Waals surface area contributed by atoms with Gasteiger partial charge < -0.3 is 10.4 Å². The number of benzene rings is 1. The number of aromatic carboxylic acids is 1. The van der Waals surface area contributed by atoms with Crippen LogP contribution in [-0.2, 0) is 0 Å². The van der Waals surface area contributed by atoms with E-state index in [0.717, 1.165) is 11.6 Å². The number of anilines is 1. The van der Waals surface area contributed by atoms with E-state index < -0.39 is 5.97 Å². The summed E-state index contributed by atoms with van der Waals surface area (Å²) in [5.41, 5.74) is 1.27. The predicted molar refractivity (Wildman–Crippen MR) is 82.2 cm³/mol. The maximum Gasteiger partial charge on any atom is 0.335 e. The third-order valence-electron chi connectivity index (χ3n) is 4.48. The van der Waals surface area contributed by atoms with Crippen molar-refractivity contribution in [1.29, 1.82) is 0 Å². The summed E-state index contributed by atoms with van der Waals surface area (Å²) in [7, 11) is 0. The Morgan fingerprint density at radius 2 is 2.10 bits per heavy atom. The minimum Gasteiger partial charge on any atom is -0.478 e. The van der Waals surface area contributed by atoms with Gasteiger partial charge in [0.1, 0.15) is 0 Å². The Kier molecular flexibility index (Phi) is 4.69. The molecule has 110 valence electrons. The summed E-state index contributed by atoms with van der Waals surface area (Å²) in [4.78, 5) is 11.0. The molecular weight excluding hydrogens is 250 g/mol. The Morgan fingerprint density at radius 1 is 1.35 bits per heavy atom. The lowest BCUT2D eigenvalue weighted by Gasteiger charge is -2.38. The van der Waals surface area contributed by atoms with Crippen LogP contribution in [0, 0.1) is 17.8 Å². The van der Waals surface area contributed by atoms with E-state index >= 15 is 0 Å². The summed E-state index contributed by atoms with van der Waals surface area (Å²) in [5, 5.41) is 12.6. The first-order valence-electron chi connectivity index (χ1n) is 7.57. The number of hydrogen-bond acceptors (Lipinski definition) is 2. The molecule has 3 atom stereocenters. The number of carboxylic acid groups (broad SMARTS) is 1. The second-order valence-electron chi connectivity index (χ2n) is 6.46. The molecule has 1 fully saturated rings. The number of hydrogen-bond donors (Lipinski definition) is 2. The highest BCUT2D eigenvalue weighted by Gasteiger charge is 2.30. The molecule has 3 nitrogen and oxygen atoms in total. The van der Waals surface area contributed by atoms with Crippen LogP contribution in [0.4, 0.5) is 5.69 Å². The van der Waals surface area contributed by atoms with Gasteiger partial charge >= 0.3 is 5.97 Å². The van der Waals surface area contributed by atoms with E-state index in [0.29, 0.717) is 23.4 Å². The highest BCUT2D eigenvalue weighted by atomic mass is 16.4. The number of carboxylic acids is 1. The van der Waals surface area contributed by atoms with E-state index in [9.17, 15) is 4.79 Å². The molecule has 0 saturated heterocycles. The quantitative estimate of drug-likeness (QED) is 0.863. The van der Waals surface area contributed by atoms with Crippen LogP contribution in [0.15, 0.2) is 24.3 Å². The Bertz CT molecular complexity index is 470. The Balaban J connectivity index is 2.13. The summed E-state index contributed by atoms with van der Waals surface area (Å²) in [6.07, 6.45) is 3.73. The van der Waals surface area contributed by atoms with Crippen molar-refractivity contribution in [3.63, 3.8) is 0 Å². The molecule has 1 aromatic carbocycles. The van der Waals surface area contributed by atoms with Crippen LogP contribution < -0.4 is 5.32 Å². The van der Waals surface area contributed by atoms with Gasteiger partial charge in [0.25, 0.3) is 0 Å². The van der Waals surface area contributed by atoms with E-state index in [2.05, 4.69) is 26.1 Å². The molecule has 1 saturated carbocycles. The van der Waals surface area contributed by atoms with Crippen molar-refractivity contribution in [3.05, 3.63) is 29.8 Å². The van der Waals surface area contributed by atoms with Gasteiger partial charge in [-0.05, 0) is 48.8 Å². The van der Waals surface area contributed by atoms with Crippen LogP contribution >= 0.6 is 0 Å². The van der Waals surface area contributed by atoms with Gasteiger partial charge in [0.2, 0.25) is 0 Å². The summed E-state index contributed by atoms with van der Waals surface area (Å²) in [5.74, 6) is 1.19. The van der Waals surface area contributed by atoms with Crippen molar-refractivity contribution in [2.75, 3.05) is 5.32 Å². The fraction of sp³-hybridized carbons (Fsp3) is 0.588. The average Bonchev–Trinajstić information content (AvgIpc) is 2.38. The standard InChI is InChI=1S/C17H25NO2/c1-11(2)15-8-7-12(3)9-16(15)18-14-6-4-5-13(10-14)17(19)20/h4-6,10-12,15-16,18H,7-9H2,1-3H3,(H,19,20). The van der Waals surface area contributed by atoms with Gasteiger partial charge in [-0.3, -0.25) is 0 Å². The molecule has 0 amide bonds. The molecule has 0 heterocycles. The van der Waals surface area contributed by atoms with Crippen LogP contribution in [0.2, 0.25) is 0 Å². The van der Waals surface area contributed by atoms with Crippen molar-refractivity contribution in [1.82, 2.24) is 0 Å². The van der Waals surface area contributed by atoms with Gasteiger partial charge in [0, 0.05) is 11.7 Å². The first-order chi connectivity index (χ1) is 9.47. The van der Waals surface area contributed by atoms with Gasteiger partial charge in [0.15, 0.2) is 0 Å². The molecule has 3 heteroatoms. The molecule has 0 radical (unpaired) electrons. The second-order valence-corrected chi connectivity index (χ2v) is 6.46. The van der Waals surface area contributed by atoms with Crippen LogP contribution in [0.3, 0.4) is 0 Å². The third kappa shape index (κ3) is 3.53. The summed E-state index contributed by atoms with van der Waals surface area (Å²) >= 11 is 0. The maximum absolute atomic E-state index is 11.0. The van der Waals surface area contributed by atoms with Crippen molar-refractivity contribution < 1.29 is 9.90 Å². The lowest BCUT2D eigenvalue weighted by molar-refractivity contribution is 0.0697. The average molecular weight is 275 g/mol. The lowest BCUT2D eigenvalue weighted by Crippen LogP contribution is -2.37. The van der Waals surface area contributed by atoms with E-state index in [1.807, 2.05) is 12.1 Å². The van der Waals surface area contributed by atoms with Crippen LogP contribution in [0.5, 0.6) is 0 Å². The molecule has 3 unspecified atom stereocenters. The van der Waals surface area contributed by atoms with Crippen molar-refractivity contribution in [2.24, 2.45) is 17.8 Å². The van der Waals surface area contributed by atoms with Gasteiger partial charge in [0.05, 0.1) is 5.56 Å². The normalized spacial score (nSPS) is 26.5. The molecule has 2 N–H and O–H groups in total. The number of nitrogens with one attached hydrogen (secondary N) is 1. The minimum absolute atomic E-state index is 0.347. The smallest absolute Gasteiger partial charge is 0.335 e. The van der Waals surface area contributed by atoms with E-state index in [-0.39, 0.29) is 0 Å². The lowest BCUT2D eigenvalue weighted by atomic mass is 9.74. The fourth-order valence-electron chi connectivity index (χ4n) is 3.32. The molecule has 1 aliphatic rings. The fourth-order valence-corrected chi connectivity index (χ4v) is 3.32. The van der Waals surface area contributed by atoms with E-state index in [1.165, 1.54) is 19.3 Å². The molecule has 0 aromatic heterocycles. The molecule has 0 bridgehead atoms. The first-order valence-corrected chi connectivity index (χ1v) is 7.57. The molecule has 1 aliphatic carbocycles. The second kappa shape index (κ2) is 6.29. The minimum atomic E-state index is -0.869. The zero-order valence-electron chi connectivity index (χ0n) is 12.6. The zero-order valence-corrected chi connectivity index (χ0v) is 12.6. The molecular formula is C17H25NO2. The largest absolute Gasteiger partial charge is 0.478 e. The molecule has 2 rings (SSSR count). The Hall–Kier alpha value is -1.51. The van der Waals surface area contributed by atoms with Crippen molar-refractivity contribution in [3.8, 4) is 0 Å². The van der Waals surface area contributed by atoms with Crippen LogP contribution in [0.1, 0.15) is 50.4 Å². The number of rotatable bonds is 4. The number of carbonyl (C=O) groups is 1. The van der Waals surface area contributed by atoms with Gasteiger partial charge in [-0.25, -0.2) is 4.79 Å². The maximum atomic E-state index is 11.0. The van der Waals surface area contributed by atoms with E-state index in [1.54, 1.807) is 12.1 Å². The molecule has 20 heavy (non-hydrogen) atoms. The monoisotopic (exact) mass is 275 g/mol. The Morgan fingerprint density at radius 3 is 2.75 bits per heavy atom. The SMILES string of the molecule is CC1CCC(C(C)C)C(Nc2cccc(C(=O)O)c2)C1.